The maximum absolute atomic E-state index is 13.2. The van der Waals surface area contributed by atoms with Crippen molar-refractivity contribution in [2.45, 2.75) is 19.4 Å². The number of benzene rings is 2. The second-order valence-corrected chi connectivity index (χ2v) is 9.01. The Kier molecular flexibility index (Phi) is 6.40. The first kappa shape index (κ1) is 23.3. The van der Waals surface area contributed by atoms with Crippen molar-refractivity contribution in [2.24, 2.45) is 0 Å². The molecule has 2 aliphatic rings. The molecule has 5 rings (SSSR count). The van der Waals surface area contributed by atoms with Gasteiger partial charge in [-0.15, -0.1) is 0 Å². The topological polar surface area (TPSA) is 83.1 Å². The van der Waals surface area contributed by atoms with E-state index >= 15 is 0 Å². The lowest BCUT2D eigenvalue weighted by atomic mass is 10.1. The highest BCUT2D eigenvalue weighted by atomic mass is 35.5. The summed E-state index contributed by atoms with van der Waals surface area (Å²) in [5.41, 5.74) is 2.78. The van der Waals surface area contributed by atoms with Crippen LogP contribution >= 0.6 is 11.6 Å². The largest absolute Gasteiger partial charge is 0.462 e. The molecule has 3 heterocycles. The van der Waals surface area contributed by atoms with Crippen LogP contribution in [-0.2, 0) is 14.3 Å². The number of carbonyl (C=O) groups is 3. The lowest BCUT2D eigenvalue weighted by Gasteiger charge is -2.38. The van der Waals surface area contributed by atoms with E-state index in [2.05, 4.69) is 14.8 Å². The van der Waals surface area contributed by atoms with Crippen LogP contribution < -0.4 is 9.80 Å². The van der Waals surface area contributed by atoms with Gasteiger partial charge in [-0.25, -0.2) is 9.69 Å². The number of anilines is 2. The summed E-state index contributed by atoms with van der Waals surface area (Å²) < 4.78 is 5.00. The standard InChI is InChI=1S/C26H25ClN4O4/c1-2-35-26(34)17-3-6-19(7-4-17)31-24(32)16-23(25(31)33)30-13-11-29(12-14-30)22-9-10-28-21-15-18(27)5-8-20(21)22/h3-10,15,23H,2,11-14,16H2,1H3/t23-/m0/s1. The molecule has 180 valence electrons. The number of piperazine rings is 1. The number of ether oxygens (including phenoxy) is 1. The Balaban J connectivity index is 1.27. The van der Waals surface area contributed by atoms with Crippen molar-refractivity contribution in [3.05, 3.63) is 65.3 Å². The normalized spacial score (nSPS) is 19.0. The van der Waals surface area contributed by atoms with E-state index in [1.807, 2.05) is 24.3 Å². The molecule has 2 aromatic carbocycles. The Hall–Kier alpha value is -3.49. The van der Waals surface area contributed by atoms with Crippen LogP contribution in [0, 0.1) is 0 Å². The summed E-state index contributed by atoms with van der Waals surface area (Å²) in [5.74, 6) is -0.890. The third-order valence-electron chi connectivity index (χ3n) is 6.54. The number of aromatic nitrogens is 1. The number of nitrogens with zero attached hydrogens (tertiary/aromatic N) is 4. The van der Waals surface area contributed by atoms with Gasteiger partial charge in [-0.05, 0) is 55.5 Å². The molecular weight excluding hydrogens is 468 g/mol. The average Bonchev–Trinajstić information content (AvgIpc) is 3.17. The fourth-order valence-corrected chi connectivity index (χ4v) is 4.96. The van der Waals surface area contributed by atoms with E-state index in [4.69, 9.17) is 16.3 Å². The second-order valence-electron chi connectivity index (χ2n) is 8.57. The minimum absolute atomic E-state index is 0.148. The molecule has 0 radical (unpaired) electrons. The van der Waals surface area contributed by atoms with Gasteiger partial charge in [-0.1, -0.05) is 11.6 Å². The first-order valence-corrected chi connectivity index (χ1v) is 12.0. The van der Waals surface area contributed by atoms with E-state index < -0.39 is 12.0 Å². The van der Waals surface area contributed by atoms with Crippen molar-refractivity contribution in [3.8, 4) is 0 Å². The molecule has 2 aliphatic heterocycles. The molecule has 0 bridgehead atoms. The van der Waals surface area contributed by atoms with Gasteiger partial charge in [0.25, 0.3) is 5.91 Å². The van der Waals surface area contributed by atoms with E-state index in [1.54, 1.807) is 37.4 Å². The molecule has 2 fully saturated rings. The number of imide groups is 1. The number of fused-ring (bicyclic) bond motifs is 1. The quantitative estimate of drug-likeness (QED) is 0.398. The zero-order valence-corrected chi connectivity index (χ0v) is 20.1. The average molecular weight is 493 g/mol. The van der Waals surface area contributed by atoms with Gasteiger partial charge in [-0.3, -0.25) is 19.5 Å². The molecule has 0 unspecified atom stereocenters. The van der Waals surface area contributed by atoms with E-state index in [9.17, 15) is 14.4 Å². The van der Waals surface area contributed by atoms with Gasteiger partial charge < -0.3 is 9.64 Å². The molecule has 0 spiro atoms. The van der Waals surface area contributed by atoms with Crippen LogP contribution in [0.3, 0.4) is 0 Å². The number of amides is 2. The van der Waals surface area contributed by atoms with Crippen molar-refractivity contribution < 1.29 is 19.1 Å². The summed E-state index contributed by atoms with van der Waals surface area (Å²) in [6, 6.07) is 13.6. The zero-order chi connectivity index (χ0) is 24.5. The van der Waals surface area contributed by atoms with Gasteiger partial charge in [0.2, 0.25) is 5.91 Å². The highest BCUT2D eigenvalue weighted by Gasteiger charge is 2.43. The van der Waals surface area contributed by atoms with Crippen LogP contribution in [0.25, 0.3) is 10.9 Å². The number of carbonyl (C=O) groups excluding carboxylic acids is 3. The summed E-state index contributed by atoms with van der Waals surface area (Å²) in [4.78, 5) is 47.9. The highest BCUT2D eigenvalue weighted by Crippen LogP contribution is 2.30. The number of hydrogen-bond acceptors (Lipinski definition) is 7. The predicted molar refractivity (Wildman–Crippen MR) is 134 cm³/mol. The van der Waals surface area contributed by atoms with E-state index in [1.165, 1.54) is 4.90 Å². The molecule has 9 heteroatoms. The Morgan fingerprint density at radius 2 is 1.80 bits per heavy atom. The lowest BCUT2D eigenvalue weighted by molar-refractivity contribution is -0.123. The van der Waals surface area contributed by atoms with Crippen LogP contribution in [0.4, 0.5) is 11.4 Å². The van der Waals surface area contributed by atoms with E-state index in [-0.39, 0.29) is 24.8 Å². The van der Waals surface area contributed by atoms with Crippen molar-refractivity contribution in [2.75, 3.05) is 42.6 Å². The molecule has 35 heavy (non-hydrogen) atoms. The Morgan fingerprint density at radius 3 is 2.51 bits per heavy atom. The third kappa shape index (κ3) is 4.47. The number of hydrogen-bond donors (Lipinski definition) is 0. The third-order valence-corrected chi connectivity index (χ3v) is 6.77. The summed E-state index contributed by atoms with van der Waals surface area (Å²) in [5, 5.41) is 1.69. The smallest absolute Gasteiger partial charge is 0.338 e. The molecule has 0 aliphatic carbocycles. The fraction of sp³-hybridized carbons (Fsp3) is 0.308. The Labute approximate surface area is 208 Å². The van der Waals surface area contributed by atoms with Crippen LogP contribution in [0.1, 0.15) is 23.7 Å². The monoisotopic (exact) mass is 492 g/mol. The lowest BCUT2D eigenvalue weighted by Crippen LogP contribution is -2.52. The molecule has 2 saturated heterocycles. The van der Waals surface area contributed by atoms with Crippen LogP contribution in [-0.4, -0.2) is 66.5 Å². The highest BCUT2D eigenvalue weighted by molar-refractivity contribution is 6.31. The molecule has 0 N–H and O–H groups in total. The molecule has 3 aromatic rings. The first-order chi connectivity index (χ1) is 17.0. The van der Waals surface area contributed by atoms with Gasteiger partial charge in [0.05, 0.1) is 35.8 Å². The summed E-state index contributed by atoms with van der Waals surface area (Å²) >= 11 is 6.12. The zero-order valence-electron chi connectivity index (χ0n) is 19.3. The minimum Gasteiger partial charge on any atom is -0.462 e. The SMILES string of the molecule is CCOC(=O)c1ccc(N2C(=O)C[C@H](N3CCN(c4ccnc5cc(Cl)ccc45)CC3)C2=O)cc1. The number of rotatable bonds is 5. The predicted octanol–water partition coefficient (Wildman–Crippen LogP) is 3.52. The summed E-state index contributed by atoms with van der Waals surface area (Å²) in [6.07, 6.45) is 1.93. The van der Waals surface area contributed by atoms with Gasteiger partial charge in [-0.2, -0.15) is 0 Å². The van der Waals surface area contributed by atoms with Crippen molar-refractivity contribution in [1.29, 1.82) is 0 Å². The number of pyridine rings is 1. The van der Waals surface area contributed by atoms with Crippen molar-refractivity contribution in [1.82, 2.24) is 9.88 Å². The maximum Gasteiger partial charge on any atom is 0.338 e. The van der Waals surface area contributed by atoms with E-state index in [0.29, 0.717) is 29.4 Å². The van der Waals surface area contributed by atoms with Gasteiger partial charge in [0.1, 0.15) is 0 Å². The van der Waals surface area contributed by atoms with Gasteiger partial charge in [0.15, 0.2) is 0 Å². The molecular formula is C26H25ClN4O4. The Bertz CT molecular complexity index is 1290. The first-order valence-electron chi connectivity index (χ1n) is 11.6. The molecule has 2 amide bonds. The van der Waals surface area contributed by atoms with E-state index in [0.717, 1.165) is 29.7 Å². The molecule has 8 nitrogen and oxygen atoms in total. The van der Waals surface area contributed by atoms with Crippen molar-refractivity contribution in [3.63, 3.8) is 0 Å². The number of halogens is 1. The van der Waals surface area contributed by atoms with Crippen LogP contribution in [0.2, 0.25) is 5.02 Å². The van der Waals surface area contributed by atoms with Crippen LogP contribution in [0.15, 0.2) is 54.7 Å². The number of esters is 1. The summed E-state index contributed by atoms with van der Waals surface area (Å²) in [7, 11) is 0. The second kappa shape index (κ2) is 9.64. The van der Waals surface area contributed by atoms with Gasteiger partial charge in [0, 0.05) is 48.5 Å². The minimum atomic E-state index is -0.484. The molecule has 1 atom stereocenters. The molecule has 1 aromatic heterocycles. The molecule has 0 saturated carbocycles. The summed E-state index contributed by atoms with van der Waals surface area (Å²) in [6.45, 7) is 4.81. The Morgan fingerprint density at radius 1 is 1.06 bits per heavy atom. The van der Waals surface area contributed by atoms with Gasteiger partial charge >= 0.3 is 5.97 Å². The maximum atomic E-state index is 13.2. The fourth-order valence-electron chi connectivity index (χ4n) is 4.79. The van der Waals surface area contributed by atoms with Crippen molar-refractivity contribution >= 4 is 51.7 Å². The van der Waals surface area contributed by atoms with Crippen LogP contribution in [0.5, 0.6) is 0 Å².